The Morgan fingerprint density at radius 2 is 1.14 bits per heavy atom. The molecule has 0 saturated heterocycles. The number of rotatable bonds is 6. The van der Waals surface area contributed by atoms with Crippen molar-refractivity contribution in [2.45, 2.75) is 9.79 Å². The van der Waals surface area contributed by atoms with E-state index in [9.17, 15) is 31.0 Å². The van der Waals surface area contributed by atoms with E-state index >= 15 is 0 Å². The summed E-state index contributed by atoms with van der Waals surface area (Å²) in [5, 5.41) is 25.8. The molecule has 15 heteroatoms. The third-order valence-corrected chi connectivity index (χ3v) is 6.39. The van der Waals surface area contributed by atoms with Gasteiger partial charge in [-0.15, -0.1) is 5.11 Å². The molecule has 0 amide bonds. The Balaban J connectivity index is 0.00000241. The van der Waals surface area contributed by atoms with Crippen molar-refractivity contribution in [2.75, 3.05) is 0 Å². The van der Waals surface area contributed by atoms with Gasteiger partial charge in [-0.25, -0.2) is 16.8 Å². The fourth-order valence-corrected chi connectivity index (χ4v) is 4.46. The van der Waals surface area contributed by atoms with E-state index in [2.05, 4.69) is 20.5 Å². The molecule has 0 unspecified atom stereocenters. The molecule has 4 aromatic carbocycles. The van der Waals surface area contributed by atoms with Crippen molar-refractivity contribution in [3.63, 3.8) is 0 Å². The Hall–Kier alpha value is -2.85. The average molecular weight is 524 g/mol. The Kier molecular flexibility index (Phi) is 9.96. The number of aromatic hydroxyl groups is 1. The molecule has 0 bridgehead atoms. The first kappa shape index (κ1) is 30.4. The Morgan fingerprint density at radius 1 is 0.622 bits per heavy atom. The third kappa shape index (κ3) is 7.35. The van der Waals surface area contributed by atoms with Crippen molar-refractivity contribution in [3.8, 4) is 5.75 Å². The second-order valence-corrected chi connectivity index (χ2v) is 9.84. The number of azo groups is 2. The minimum absolute atomic E-state index is 0. The predicted octanol–water partition coefficient (Wildman–Crippen LogP) is -0.808. The summed E-state index contributed by atoms with van der Waals surface area (Å²) in [7, 11) is -10.3. The number of hydrogen-bond donors (Lipinski definition) is 1. The van der Waals surface area contributed by atoms with Crippen LogP contribution in [0, 0.1) is 0 Å². The van der Waals surface area contributed by atoms with Crippen molar-refractivity contribution < 1.29 is 68.8 Å². The SMILES string of the molecule is O=S(=O)([O-])c1cc(S(=O)(=O)[O-])c2c(N=Nc3ccc(N=Nc4ccccc4)cc3)c(O)ccc2c1.[Li+].[Li+]. The number of phenols is 1. The van der Waals surface area contributed by atoms with Crippen LogP contribution in [0.2, 0.25) is 0 Å². The largest absolute Gasteiger partial charge is 1.00 e. The van der Waals surface area contributed by atoms with Gasteiger partial charge in [0.15, 0.2) is 0 Å². The number of fused-ring (bicyclic) bond motifs is 1. The molecule has 0 spiro atoms. The summed E-state index contributed by atoms with van der Waals surface area (Å²) in [4.78, 5) is -1.93. The number of phenolic OH excluding ortho intramolecular Hbond substituents is 1. The average Bonchev–Trinajstić information content (AvgIpc) is 2.81. The first-order valence-electron chi connectivity index (χ1n) is 9.72. The summed E-state index contributed by atoms with van der Waals surface area (Å²) in [5.41, 5.74) is 1.09. The summed E-state index contributed by atoms with van der Waals surface area (Å²) in [5.74, 6) is -0.517. The molecule has 0 heterocycles. The molecule has 0 atom stereocenters. The normalized spacial score (nSPS) is 11.9. The smallest absolute Gasteiger partial charge is 0.744 e. The zero-order valence-electron chi connectivity index (χ0n) is 19.5. The molecule has 178 valence electrons. The van der Waals surface area contributed by atoms with Crippen molar-refractivity contribution in [2.24, 2.45) is 20.5 Å². The maximum atomic E-state index is 11.8. The van der Waals surface area contributed by atoms with Crippen LogP contribution in [0.1, 0.15) is 0 Å². The Labute approximate surface area is 236 Å². The molecule has 0 aliphatic rings. The minimum Gasteiger partial charge on any atom is -0.744 e. The predicted molar refractivity (Wildman–Crippen MR) is 123 cm³/mol. The van der Waals surface area contributed by atoms with Crippen molar-refractivity contribution in [1.82, 2.24) is 0 Å². The van der Waals surface area contributed by atoms with Crippen LogP contribution in [0.25, 0.3) is 10.8 Å². The molecule has 0 saturated carbocycles. The first-order valence-corrected chi connectivity index (χ1v) is 12.5. The Morgan fingerprint density at radius 3 is 1.65 bits per heavy atom. The maximum absolute atomic E-state index is 11.8. The zero-order valence-corrected chi connectivity index (χ0v) is 21.1. The van der Waals surface area contributed by atoms with Gasteiger partial charge in [0.2, 0.25) is 0 Å². The number of nitrogens with zero attached hydrogens (tertiary/aromatic N) is 4. The molecule has 0 fully saturated rings. The monoisotopic (exact) mass is 524 g/mol. The van der Waals surface area contributed by atoms with Gasteiger partial charge in [-0.2, -0.15) is 15.3 Å². The van der Waals surface area contributed by atoms with E-state index in [-0.39, 0.29) is 54.2 Å². The quantitative estimate of drug-likeness (QED) is 0.194. The van der Waals surface area contributed by atoms with Gasteiger partial charge in [-0.3, -0.25) is 0 Å². The van der Waals surface area contributed by atoms with E-state index in [1.54, 1.807) is 36.4 Å². The van der Waals surface area contributed by atoms with Gasteiger partial charge in [0.05, 0.1) is 26.9 Å². The van der Waals surface area contributed by atoms with Crippen LogP contribution >= 0.6 is 0 Å². The van der Waals surface area contributed by atoms with Gasteiger partial charge in [0.25, 0.3) is 0 Å². The molecule has 37 heavy (non-hydrogen) atoms. The van der Waals surface area contributed by atoms with Crippen molar-refractivity contribution in [3.05, 3.63) is 78.9 Å². The second kappa shape index (κ2) is 12.1. The first-order chi connectivity index (χ1) is 16.5. The molecular weight excluding hydrogens is 510 g/mol. The standard InChI is InChI=1S/C22H16N4O7S2.2Li/c27-19-11-6-14-12-18(34(28,29)30)13-20(35(31,32)33)21(14)22(19)26-25-17-9-7-16(8-10-17)24-23-15-4-2-1-3-5-15;;/h1-13,27H,(H,28,29,30)(H,31,32,33);;/q;2*+1/p-2. The van der Waals surface area contributed by atoms with E-state index in [1.807, 2.05) is 18.2 Å². The van der Waals surface area contributed by atoms with Crippen molar-refractivity contribution in [1.29, 1.82) is 0 Å². The third-order valence-electron chi connectivity index (χ3n) is 4.72. The van der Waals surface area contributed by atoms with E-state index in [1.165, 1.54) is 0 Å². The second-order valence-electron chi connectivity index (χ2n) is 7.11. The minimum atomic E-state index is -5.26. The fraction of sp³-hybridized carbons (Fsp3) is 0. The summed E-state index contributed by atoms with van der Waals surface area (Å²) >= 11 is 0. The van der Waals surface area contributed by atoms with Crippen LogP contribution in [0.15, 0.2) is 109 Å². The maximum Gasteiger partial charge on any atom is 1.00 e. The molecule has 4 rings (SSSR count). The van der Waals surface area contributed by atoms with Crippen LogP contribution in [-0.4, -0.2) is 31.0 Å². The molecule has 0 aliphatic heterocycles. The fourth-order valence-electron chi connectivity index (χ4n) is 3.12. The summed E-state index contributed by atoms with van der Waals surface area (Å²) in [6.45, 7) is 0. The van der Waals surface area contributed by atoms with Crippen LogP contribution in [0.4, 0.5) is 22.7 Å². The molecule has 1 N–H and O–H groups in total. The van der Waals surface area contributed by atoms with E-state index in [4.69, 9.17) is 0 Å². The van der Waals surface area contributed by atoms with Gasteiger partial charge >= 0.3 is 37.7 Å². The van der Waals surface area contributed by atoms with Gasteiger partial charge in [-0.05, 0) is 60.0 Å². The molecular formula is C22H14Li2N4O7S2. The van der Waals surface area contributed by atoms with Crippen molar-refractivity contribution >= 4 is 53.8 Å². The van der Waals surface area contributed by atoms with Gasteiger partial charge in [0, 0.05) is 5.39 Å². The molecule has 0 aromatic heterocycles. The van der Waals surface area contributed by atoms with Crippen LogP contribution < -0.4 is 37.7 Å². The zero-order chi connectivity index (χ0) is 25.2. The van der Waals surface area contributed by atoms with E-state index in [0.717, 1.165) is 18.2 Å². The molecule has 4 aromatic rings. The summed E-state index contributed by atoms with van der Waals surface area (Å²) in [6.07, 6.45) is 0. The van der Waals surface area contributed by atoms with E-state index in [0.29, 0.717) is 23.1 Å². The summed E-state index contributed by atoms with van der Waals surface area (Å²) in [6, 6.07) is 18.9. The summed E-state index contributed by atoms with van der Waals surface area (Å²) < 4.78 is 69.8. The van der Waals surface area contributed by atoms with Crippen LogP contribution in [0.3, 0.4) is 0 Å². The van der Waals surface area contributed by atoms with Gasteiger partial charge < -0.3 is 14.2 Å². The topological polar surface area (TPSA) is 184 Å². The van der Waals surface area contributed by atoms with Crippen LogP contribution in [-0.2, 0) is 20.2 Å². The van der Waals surface area contributed by atoms with Crippen LogP contribution in [0.5, 0.6) is 5.75 Å². The molecule has 0 aliphatic carbocycles. The van der Waals surface area contributed by atoms with E-state index < -0.39 is 35.8 Å². The Bertz CT molecular complexity index is 1700. The molecule has 0 radical (unpaired) electrons. The van der Waals surface area contributed by atoms with Gasteiger partial charge in [0.1, 0.15) is 31.7 Å². The van der Waals surface area contributed by atoms with Gasteiger partial charge in [-0.1, -0.05) is 24.3 Å². The number of hydrogen-bond acceptors (Lipinski definition) is 11. The number of benzene rings is 4. The molecule has 11 nitrogen and oxygen atoms in total.